The fourth-order valence-corrected chi connectivity index (χ4v) is 3.52. The lowest BCUT2D eigenvalue weighted by Gasteiger charge is -2.34. The Bertz CT molecular complexity index is 1010. The molecule has 2 rings (SSSR count). The molecule has 0 spiro atoms. The van der Waals surface area contributed by atoms with Crippen LogP contribution < -0.4 is 16.4 Å². The van der Waals surface area contributed by atoms with Gasteiger partial charge in [-0.1, -0.05) is 30.9 Å². The highest BCUT2D eigenvalue weighted by Gasteiger charge is 2.44. The van der Waals surface area contributed by atoms with Gasteiger partial charge in [-0.3, -0.25) is 19.2 Å². The van der Waals surface area contributed by atoms with Gasteiger partial charge in [-0.2, -0.15) is 0 Å². The van der Waals surface area contributed by atoms with Gasteiger partial charge in [-0.25, -0.2) is 4.79 Å². The summed E-state index contributed by atoms with van der Waals surface area (Å²) in [4.78, 5) is 64.3. The van der Waals surface area contributed by atoms with Crippen molar-refractivity contribution in [3.8, 4) is 0 Å². The lowest BCUT2D eigenvalue weighted by Crippen LogP contribution is -2.55. The Balaban J connectivity index is 2.47. The Hall–Kier alpha value is -3.89. The summed E-state index contributed by atoms with van der Waals surface area (Å²) >= 11 is 0. The van der Waals surface area contributed by atoms with Crippen LogP contribution in [0.4, 0.5) is 4.79 Å². The molecule has 196 valence electrons. The second-order valence-corrected chi connectivity index (χ2v) is 9.42. The first-order chi connectivity index (χ1) is 16.9. The summed E-state index contributed by atoms with van der Waals surface area (Å²) in [6.07, 6.45) is 1.42. The Kier molecular flexibility index (Phi) is 9.60. The van der Waals surface area contributed by atoms with Gasteiger partial charge in [0.1, 0.15) is 24.2 Å². The number of hydrogen-bond donors (Lipinski definition) is 3. The van der Waals surface area contributed by atoms with Crippen molar-refractivity contribution in [1.82, 2.24) is 15.5 Å². The number of rotatable bonds is 11. The van der Waals surface area contributed by atoms with Gasteiger partial charge in [-0.05, 0) is 50.8 Å². The summed E-state index contributed by atoms with van der Waals surface area (Å²) in [5, 5.41) is 4.92. The molecule has 0 aliphatic heterocycles. The zero-order valence-electron chi connectivity index (χ0n) is 21.0. The smallest absolute Gasteiger partial charge is 0.408 e. The Labute approximate surface area is 210 Å². The van der Waals surface area contributed by atoms with Crippen LogP contribution in [0.5, 0.6) is 0 Å². The molecule has 1 aliphatic rings. The van der Waals surface area contributed by atoms with Crippen LogP contribution in [0.2, 0.25) is 0 Å². The van der Waals surface area contributed by atoms with Crippen molar-refractivity contribution in [3.05, 3.63) is 42.0 Å². The third-order valence-electron chi connectivity index (χ3n) is 5.21. The monoisotopic (exact) mass is 502 g/mol. The fraction of sp³-hybridized carbons (Fsp3) is 0.480. The average Bonchev–Trinajstić information content (AvgIpc) is 3.63. The summed E-state index contributed by atoms with van der Waals surface area (Å²) in [5.41, 5.74) is 5.69. The molecule has 1 aromatic carbocycles. The Morgan fingerprint density at radius 2 is 1.89 bits per heavy atom. The lowest BCUT2D eigenvalue weighted by molar-refractivity contribution is -0.145. The van der Waals surface area contributed by atoms with E-state index >= 15 is 0 Å². The van der Waals surface area contributed by atoms with Gasteiger partial charge >= 0.3 is 12.1 Å². The molecule has 1 aliphatic carbocycles. The number of alkyl carbamates (subject to hydrolysis) is 1. The number of nitrogens with zero attached hydrogens (tertiary/aromatic N) is 1. The summed E-state index contributed by atoms with van der Waals surface area (Å²) in [5.74, 6) is -2.79. The van der Waals surface area contributed by atoms with Crippen molar-refractivity contribution in [2.45, 2.75) is 63.8 Å². The first-order valence-electron chi connectivity index (χ1n) is 11.5. The first kappa shape index (κ1) is 28.3. The van der Waals surface area contributed by atoms with Gasteiger partial charge in [0.05, 0.1) is 13.5 Å². The van der Waals surface area contributed by atoms with E-state index < -0.39 is 60.4 Å². The molecule has 1 fully saturated rings. The molecule has 36 heavy (non-hydrogen) atoms. The number of nitrogens with two attached hydrogens (primary N) is 1. The number of benzene rings is 1. The van der Waals surface area contributed by atoms with E-state index in [1.165, 1.54) is 12.0 Å². The standard InChI is InChI=1S/C25H34N4O7/c1-6-15-8-7-9-16(12-15)21(22(32)27-14-20(31)35-5)29(17-10-11-17)23(33)18(13-19(26)30)28-24(34)36-25(2,3)4/h6-9,12,17-18,21H,1,10-11,13-14H2,2-5H3,(H2,26,30)(H,27,32)(H,28,34). The molecule has 0 saturated heterocycles. The molecule has 0 bridgehead atoms. The third-order valence-corrected chi connectivity index (χ3v) is 5.21. The minimum absolute atomic E-state index is 0.324. The first-order valence-corrected chi connectivity index (χ1v) is 11.5. The lowest BCUT2D eigenvalue weighted by atomic mass is 9.99. The van der Waals surface area contributed by atoms with Gasteiger partial charge in [0.15, 0.2) is 0 Å². The van der Waals surface area contributed by atoms with Gasteiger partial charge in [-0.15, -0.1) is 0 Å². The number of methoxy groups -OCH3 is 1. The van der Waals surface area contributed by atoms with Crippen molar-refractivity contribution in [1.29, 1.82) is 0 Å². The molecule has 2 unspecified atom stereocenters. The van der Waals surface area contributed by atoms with Crippen LogP contribution >= 0.6 is 0 Å². The van der Waals surface area contributed by atoms with E-state index in [-0.39, 0.29) is 6.04 Å². The molecule has 2 atom stereocenters. The van der Waals surface area contributed by atoms with Gasteiger partial charge in [0.2, 0.25) is 17.7 Å². The van der Waals surface area contributed by atoms with E-state index in [0.717, 1.165) is 0 Å². The fourth-order valence-electron chi connectivity index (χ4n) is 3.52. The molecular formula is C25H34N4O7. The van der Waals surface area contributed by atoms with Crippen LogP contribution in [0, 0.1) is 0 Å². The molecule has 0 heterocycles. The maximum Gasteiger partial charge on any atom is 0.408 e. The van der Waals surface area contributed by atoms with E-state index in [9.17, 15) is 24.0 Å². The molecule has 11 nitrogen and oxygen atoms in total. The highest BCUT2D eigenvalue weighted by Crippen LogP contribution is 2.36. The topological polar surface area (TPSA) is 157 Å². The van der Waals surface area contributed by atoms with Crippen LogP contribution in [-0.4, -0.2) is 66.0 Å². The zero-order chi connectivity index (χ0) is 27.0. The quantitative estimate of drug-likeness (QED) is 0.386. The van der Waals surface area contributed by atoms with Crippen molar-refractivity contribution < 1.29 is 33.4 Å². The number of carbonyl (C=O) groups is 5. The Morgan fingerprint density at radius 3 is 2.42 bits per heavy atom. The number of esters is 1. The molecule has 11 heteroatoms. The largest absolute Gasteiger partial charge is 0.468 e. The number of primary amides is 1. The number of hydrogen-bond acceptors (Lipinski definition) is 7. The van der Waals surface area contributed by atoms with Crippen molar-refractivity contribution in [3.63, 3.8) is 0 Å². The summed E-state index contributed by atoms with van der Waals surface area (Å²) in [6, 6.07) is 4.01. The van der Waals surface area contributed by atoms with E-state index in [1.54, 1.807) is 51.1 Å². The summed E-state index contributed by atoms with van der Waals surface area (Å²) in [7, 11) is 1.19. The molecule has 1 aromatic rings. The van der Waals surface area contributed by atoms with Crippen LogP contribution in [0.25, 0.3) is 6.08 Å². The normalized spacial score (nSPS) is 14.6. The zero-order valence-corrected chi connectivity index (χ0v) is 21.0. The van der Waals surface area contributed by atoms with Gasteiger partial charge < -0.3 is 30.7 Å². The molecule has 4 amide bonds. The molecule has 4 N–H and O–H groups in total. The van der Waals surface area contributed by atoms with Crippen molar-refractivity contribution in [2.24, 2.45) is 5.73 Å². The predicted molar refractivity (Wildman–Crippen MR) is 131 cm³/mol. The van der Waals surface area contributed by atoms with E-state index in [4.69, 9.17) is 10.5 Å². The SMILES string of the molecule is C=Cc1cccc(C(C(=O)NCC(=O)OC)N(C(=O)C(CC(N)=O)NC(=O)OC(C)(C)C)C2CC2)c1. The number of nitrogens with one attached hydrogen (secondary N) is 2. The Morgan fingerprint density at radius 1 is 1.22 bits per heavy atom. The van der Waals surface area contributed by atoms with Crippen LogP contribution in [-0.2, 0) is 28.7 Å². The van der Waals surface area contributed by atoms with Gasteiger partial charge in [0, 0.05) is 6.04 Å². The van der Waals surface area contributed by atoms with E-state index in [2.05, 4.69) is 21.9 Å². The molecule has 1 saturated carbocycles. The number of ether oxygens (including phenoxy) is 2. The number of amides is 4. The van der Waals surface area contributed by atoms with E-state index in [0.29, 0.717) is 24.0 Å². The second kappa shape index (κ2) is 12.2. The second-order valence-electron chi connectivity index (χ2n) is 9.42. The predicted octanol–water partition coefficient (Wildman–Crippen LogP) is 1.42. The molecule has 0 aromatic heterocycles. The minimum atomic E-state index is -1.36. The third kappa shape index (κ3) is 8.40. The van der Waals surface area contributed by atoms with E-state index in [1.807, 2.05) is 0 Å². The maximum atomic E-state index is 13.8. The average molecular weight is 503 g/mol. The highest BCUT2D eigenvalue weighted by molar-refractivity contribution is 5.95. The molecular weight excluding hydrogens is 468 g/mol. The molecule has 0 radical (unpaired) electrons. The summed E-state index contributed by atoms with van der Waals surface area (Å²) < 4.78 is 9.84. The minimum Gasteiger partial charge on any atom is -0.468 e. The van der Waals surface area contributed by atoms with Crippen LogP contribution in [0.3, 0.4) is 0 Å². The highest BCUT2D eigenvalue weighted by atomic mass is 16.6. The van der Waals surface area contributed by atoms with Crippen LogP contribution in [0.15, 0.2) is 30.8 Å². The van der Waals surface area contributed by atoms with Gasteiger partial charge in [0.25, 0.3) is 0 Å². The summed E-state index contributed by atoms with van der Waals surface area (Å²) in [6.45, 7) is 8.30. The maximum absolute atomic E-state index is 13.8. The van der Waals surface area contributed by atoms with Crippen molar-refractivity contribution >= 4 is 35.9 Å². The van der Waals surface area contributed by atoms with Crippen molar-refractivity contribution in [2.75, 3.05) is 13.7 Å². The van der Waals surface area contributed by atoms with Crippen LogP contribution in [0.1, 0.15) is 57.2 Å². The number of carbonyl (C=O) groups excluding carboxylic acids is 5.